The average molecular weight is 383 g/mol. The van der Waals surface area contributed by atoms with Gasteiger partial charge in [-0.15, -0.1) is 13.2 Å². The van der Waals surface area contributed by atoms with Crippen molar-refractivity contribution in [2.24, 2.45) is 0 Å². The van der Waals surface area contributed by atoms with Crippen molar-refractivity contribution < 1.29 is 45.7 Å². The fraction of sp³-hybridized carbons (Fsp3) is 0.300. The van der Waals surface area contributed by atoms with E-state index in [1.165, 1.54) is 0 Å². The molecule has 0 saturated heterocycles. The van der Waals surface area contributed by atoms with Gasteiger partial charge in [0.25, 0.3) is 0 Å². The Morgan fingerprint density at radius 1 is 1.24 bits per heavy atom. The number of alkyl halides is 6. The molecule has 21 heavy (non-hydrogen) atoms. The number of carboxylic acids is 1. The van der Waals surface area contributed by atoms with E-state index in [-0.39, 0.29) is 10.0 Å². The van der Waals surface area contributed by atoms with Crippen molar-refractivity contribution >= 4 is 21.9 Å². The number of carbonyl (C=O) groups is 1. The molecular formula is C10H5BrF6O4. The van der Waals surface area contributed by atoms with Gasteiger partial charge in [-0.2, -0.15) is 8.78 Å². The quantitative estimate of drug-likeness (QED) is 0.783. The van der Waals surface area contributed by atoms with Crippen molar-refractivity contribution in [2.45, 2.75) is 18.8 Å². The fourth-order valence-corrected chi connectivity index (χ4v) is 1.56. The Labute approximate surface area is 121 Å². The molecular weight excluding hydrogens is 378 g/mol. The smallest absolute Gasteiger partial charge is 0.478 e. The zero-order chi connectivity index (χ0) is 16.4. The third-order valence-electron chi connectivity index (χ3n) is 1.93. The number of hydrogen-bond acceptors (Lipinski definition) is 3. The summed E-state index contributed by atoms with van der Waals surface area (Å²) in [5.41, 5.74) is -0.305. The van der Waals surface area contributed by atoms with Crippen molar-refractivity contribution in [3.8, 4) is 5.75 Å². The Balaban J connectivity index is 2.91. The van der Waals surface area contributed by atoms with E-state index >= 15 is 0 Å². The maximum Gasteiger partial charge on any atom is 0.525 e. The van der Waals surface area contributed by atoms with E-state index in [2.05, 4.69) is 25.4 Å². The summed E-state index contributed by atoms with van der Waals surface area (Å²) in [6, 6.07) is 2.42. The maximum absolute atomic E-state index is 13.1. The summed E-state index contributed by atoms with van der Waals surface area (Å²) in [5, 5.41) is 8.63. The van der Waals surface area contributed by atoms with E-state index in [1.54, 1.807) is 0 Å². The predicted octanol–water partition coefficient (Wildman–Crippen LogP) is 3.95. The van der Waals surface area contributed by atoms with Gasteiger partial charge in [-0.05, 0) is 34.1 Å². The molecule has 1 aromatic carbocycles. The molecule has 1 aromatic rings. The summed E-state index contributed by atoms with van der Waals surface area (Å²) in [6.45, 7) is 0. The van der Waals surface area contributed by atoms with Crippen LogP contribution >= 0.6 is 15.9 Å². The first-order valence-corrected chi connectivity index (χ1v) is 5.70. The number of carboxylic acid groups (broad SMARTS) is 1. The highest BCUT2D eigenvalue weighted by Crippen LogP contribution is 2.35. The first-order chi connectivity index (χ1) is 9.42. The molecule has 0 unspecified atom stereocenters. The molecule has 0 spiro atoms. The SMILES string of the molecule is O=C(O)c1ccc(OC(F)(F)[C@H](F)OC(F)(F)F)c(Br)c1. The maximum atomic E-state index is 13.1. The van der Waals surface area contributed by atoms with Gasteiger partial charge in [-0.3, -0.25) is 0 Å². The van der Waals surface area contributed by atoms with Gasteiger partial charge in [0.1, 0.15) is 5.75 Å². The molecule has 0 amide bonds. The molecule has 4 nitrogen and oxygen atoms in total. The van der Waals surface area contributed by atoms with E-state index in [1.807, 2.05) is 0 Å². The third-order valence-corrected chi connectivity index (χ3v) is 2.55. The molecule has 1 atom stereocenters. The van der Waals surface area contributed by atoms with Crippen molar-refractivity contribution in [3.05, 3.63) is 28.2 Å². The van der Waals surface area contributed by atoms with Crippen LogP contribution in [-0.4, -0.2) is 29.9 Å². The minimum atomic E-state index is -5.61. The fourth-order valence-electron chi connectivity index (χ4n) is 1.10. The molecule has 0 saturated carbocycles. The molecule has 118 valence electrons. The summed E-state index contributed by atoms with van der Waals surface area (Å²) in [5.74, 6) is -2.14. The highest BCUT2D eigenvalue weighted by atomic mass is 79.9. The van der Waals surface area contributed by atoms with Crippen LogP contribution in [0.1, 0.15) is 10.4 Å². The van der Waals surface area contributed by atoms with Gasteiger partial charge < -0.3 is 9.84 Å². The zero-order valence-corrected chi connectivity index (χ0v) is 11.2. The Morgan fingerprint density at radius 3 is 2.24 bits per heavy atom. The lowest BCUT2D eigenvalue weighted by molar-refractivity contribution is -0.411. The van der Waals surface area contributed by atoms with Gasteiger partial charge >= 0.3 is 24.8 Å². The number of rotatable bonds is 5. The van der Waals surface area contributed by atoms with E-state index in [0.29, 0.717) is 0 Å². The molecule has 0 aliphatic heterocycles. The lowest BCUT2D eigenvalue weighted by atomic mass is 10.2. The highest BCUT2D eigenvalue weighted by molar-refractivity contribution is 9.10. The Bertz CT molecular complexity index is 533. The van der Waals surface area contributed by atoms with Crippen LogP contribution in [-0.2, 0) is 4.74 Å². The number of ether oxygens (including phenoxy) is 2. The second kappa shape index (κ2) is 6.10. The van der Waals surface area contributed by atoms with E-state index in [9.17, 15) is 31.1 Å². The molecule has 11 heteroatoms. The van der Waals surface area contributed by atoms with Crippen LogP contribution in [0.2, 0.25) is 0 Å². The van der Waals surface area contributed by atoms with Gasteiger partial charge in [-0.1, -0.05) is 0 Å². The second-order valence-corrected chi connectivity index (χ2v) is 4.35. The Morgan fingerprint density at radius 2 is 1.81 bits per heavy atom. The molecule has 0 aliphatic carbocycles. The van der Waals surface area contributed by atoms with Crippen molar-refractivity contribution in [3.63, 3.8) is 0 Å². The Kier molecular flexibility index (Phi) is 5.10. The van der Waals surface area contributed by atoms with Crippen LogP contribution < -0.4 is 4.74 Å². The van der Waals surface area contributed by atoms with Crippen LogP contribution in [0, 0.1) is 0 Å². The van der Waals surface area contributed by atoms with E-state index in [0.717, 1.165) is 18.2 Å². The number of aromatic carboxylic acids is 1. The highest BCUT2D eigenvalue weighted by Gasteiger charge is 2.50. The van der Waals surface area contributed by atoms with Crippen molar-refractivity contribution in [1.29, 1.82) is 0 Å². The standard InChI is InChI=1S/C10H5BrF6O4/c11-5-3-4(7(18)19)1-2-6(5)20-9(13,14)8(12)21-10(15,16)17/h1-3,8H,(H,18,19)/t8-/m1/s1. The van der Waals surface area contributed by atoms with E-state index in [4.69, 9.17) is 5.11 Å². The zero-order valence-electron chi connectivity index (χ0n) is 9.63. The van der Waals surface area contributed by atoms with Gasteiger partial charge in [0.2, 0.25) is 0 Å². The number of benzene rings is 1. The summed E-state index contributed by atoms with van der Waals surface area (Å²) in [4.78, 5) is 10.6. The Hall–Kier alpha value is -1.49. The van der Waals surface area contributed by atoms with Crippen molar-refractivity contribution in [2.75, 3.05) is 0 Å². The molecule has 1 N–H and O–H groups in total. The summed E-state index contributed by atoms with van der Waals surface area (Å²) in [6.07, 6.45) is -14.7. The summed E-state index contributed by atoms with van der Waals surface area (Å²) in [7, 11) is 0. The minimum absolute atomic E-state index is 0.305. The molecule has 0 radical (unpaired) electrons. The predicted molar refractivity (Wildman–Crippen MR) is 58.7 cm³/mol. The van der Waals surface area contributed by atoms with Gasteiger partial charge in [-0.25, -0.2) is 13.9 Å². The number of halogens is 7. The molecule has 0 aromatic heterocycles. The number of hydrogen-bond donors (Lipinski definition) is 1. The first-order valence-electron chi connectivity index (χ1n) is 4.90. The second-order valence-electron chi connectivity index (χ2n) is 3.49. The summed E-state index contributed by atoms with van der Waals surface area (Å²) < 4.78 is 80.0. The summed E-state index contributed by atoms with van der Waals surface area (Å²) >= 11 is 2.67. The molecule has 0 bridgehead atoms. The largest absolute Gasteiger partial charge is 0.525 e. The lowest BCUT2D eigenvalue weighted by Gasteiger charge is -2.22. The van der Waals surface area contributed by atoms with Crippen LogP contribution in [0.15, 0.2) is 22.7 Å². The normalized spacial score (nSPS) is 13.9. The topological polar surface area (TPSA) is 55.8 Å². The molecule has 0 aliphatic rings. The average Bonchev–Trinajstić information content (AvgIpc) is 2.29. The monoisotopic (exact) mass is 382 g/mol. The molecule has 0 fully saturated rings. The van der Waals surface area contributed by atoms with Gasteiger partial charge in [0.05, 0.1) is 10.0 Å². The van der Waals surface area contributed by atoms with Gasteiger partial charge in [0.15, 0.2) is 0 Å². The first kappa shape index (κ1) is 17.6. The minimum Gasteiger partial charge on any atom is -0.478 e. The van der Waals surface area contributed by atoms with Crippen LogP contribution in [0.3, 0.4) is 0 Å². The van der Waals surface area contributed by atoms with Crippen LogP contribution in [0.4, 0.5) is 26.3 Å². The van der Waals surface area contributed by atoms with E-state index < -0.39 is 30.5 Å². The lowest BCUT2D eigenvalue weighted by Crippen LogP contribution is -2.41. The van der Waals surface area contributed by atoms with Gasteiger partial charge in [0, 0.05) is 0 Å². The van der Waals surface area contributed by atoms with Crippen LogP contribution in [0.5, 0.6) is 5.75 Å². The van der Waals surface area contributed by atoms with Crippen LogP contribution in [0.25, 0.3) is 0 Å². The van der Waals surface area contributed by atoms with Crippen molar-refractivity contribution in [1.82, 2.24) is 0 Å². The molecule has 0 heterocycles. The molecule has 1 rings (SSSR count). The third kappa shape index (κ3) is 5.08.